The van der Waals surface area contributed by atoms with Crippen molar-refractivity contribution in [2.24, 2.45) is 7.05 Å². The van der Waals surface area contributed by atoms with Gasteiger partial charge in [-0.05, 0) is 24.7 Å². The van der Waals surface area contributed by atoms with Gasteiger partial charge in [0.1, 0.15) is 5.69 Å². The van der Waals surface area contributed by atoms with E-state index < -0.39 is 0 Å². The van der Waals surface area contributed by atoms with E-state index in [1.807, 2.05) is 18.8 Å². The summed E-state index contributed by atoms with van der Waals surface area (Å²) in [4.78, 5) is 11.9. The van der Waals surface area contributed by atoms with E-state index in [-0.39, 0.29) is 5.91 Å². The number of hydrogen-bond donors (Lipinski definition) is 2. The van der Waals surface area contributed by atoms with Gasteiger partial charge in [0, 0.05) is 25.0 Å². The molecule has 5 heteroatoms. The molecule has 1 saturated heterocycles. The SMILES string of the molecule is Cn1cc(N)cc1C(=O)NCC1CCCCS1. The van der Waals surface area contributed by atoms with Gasteiger partial charge in [-0.3, -0.25) is 4.79 Å². The van der Waals surface area contributed by atoms with E-state index in [0.29, 0.717) is 16.6 Å². The standard InChI is InChI=1S/C12H19N3OS/c1-15-8-9(13)6-11(15)12(16)14-7-10-4-2-3-5-17-10/h6,8,10H,2-5,7,13H2,1H3,(H,14,16). The Morgan fingerprint density at radius 3 is 3.06 bits per heavy atom. The van der Waals surface area contributed by atoms with Crippen LogP contribution in [0, 0.1) is 0 Å². The van der Waals surface area contributed by atoms with E-state index in [0.717, 1.165) is 6.54 Å². The summed E-state index contributed by atoms with van der Waals surface area (Å²) in [5.74, 6) is 1.19. The summed E-state index contributed by atoms with van der Waals surface area (Å²) in [6, 6.07) is 1.71. The Kier molecular flexibility index (Phi) is 3.99. The molecule has 1 aromatic heterocycles. The zero-order chi connectivity index (χ0) is 12.3. The van der Waals surface area contributed by atoms with Crippen LogP contribution in [-0.2, 0) is 7.05 Å². The molecule has 1 aromatic rings. The maximum Gasteiger partial charge on any atom is 0.268 e. The number of thioether (sulfide) groups is 1. The first-order chi connectivity index (χ1) is 8.16. The monoisotopic (exact) mass is 253 g/mol. The number of rotatable bonds is 3. The van der Waals surface area contributed by atoms with Crippen molar-refractivity contribution in [2.45, 2.75) is 24.5 Å². The molecule has 0 aromatic carbocycles. The molecule has 1 atom stereocenters. The lowest BCUT2D eigenvalue weighted by Crippen LogP contribution is -2.32. The molecule has 3 N–H and O–H groups in total. The number of nitrogen functional groups attached to an aromatic ring is 1. The lowest BCUT2D eigenvalue weighted by molar-refractivity contribution is 0.0945. The highest BCUT2D eigenvalue weighted by molar-refractivity contribution is 7.99. The van der Waals surface area contributed by atoms with Gasteiger partial charge in [0.15, 0.2) is 0 Å². The Morgan fingerprint density at radius 2 is 2.47 bits per heavy atom. The zero-order valence-electron chi connectivity index (χ0n) is 10.1. The van der Waals surface area contributed by atoms with Crippen LogP contribution in [-0.4, -0.2) is 28.0 Å². The second-order valence-electron chi connectivity index (χ2n) is 4.47. The summed E-state index contributed by atoms with van der Waals surface area (Å²) in [5.41, 5.74) is 6.91. The van der Waals surface area contributed by atoms with Gasteiger partial charge in [0.25, 0.3) is 5.91 Å². The van der Waals surface area contributed by atoms with Crippen molar-refractivity contribution in [3.05, 3.63) is 18.0 Å². The fourth-order valence-electron chi connectivity index (χ4n) is 2.08. The molecule has 0 aliphatic carbocycles. The Morgan fingerprint density at radius 1 is 1.65 bits per heavy atom. The van der Waals surface area contributed by atoms with Crippen molar-refractivity contribution in [3.8, 4) is 0 Å². The summed E-state index contributed by atoms with van der Waals surface area (Å²) in [6.07, 6.45) is 5.55. The van der Waals surface area contributed by atoms with E-state index in [9.17, 15) is 4.79 Å². The van der Waals surface area contributed by atoms with E-state index >= 15 is 0 Å². The van der Waals surface area contributed by atoms with Crippen LogP contribution in [0.2, 0.25) is 0 Å². The number of nitrogens with two attached hydrogens (primary N) is 1. The van der Waals surface area contributed by atoms with Crippen molar-refractivity contribution in [2.75, 3.05) is 18.0 Å². The van der Waals surface area contributed by atoms with Crippen LogP contribution < -0.4 is 11.1 Å². The first-order valence-corrected chi connectivity index (χ1v) is 7.03. The van der Waals surface area contributed by atoms with Gasteiger partial charge in [-0.2, -0.15) is 11.8 Å². The second-order valence-corrected chi connectivity index (χ2v) is 5.88. The molecule has 1 aliphatic rings. The third-order valence-electron chi connectivity index (χ3n) is 3.02. The Balaban J connectivity index is 1.86. The average molecular weight is 253 g/mol. The molecule has 1 amide bonds. The quantitative estimate of drug-likeness (QED) is 0.860. The van der Waals surface area contributed by atoms with Gasteiger partial charge >= 0.3 is 0 Å². The van der Waals surface area contributed by atoms with Crippen molar-refractivity contribution in [1.82, 2.24) is 9.88 Å². The van der Waals surface area contributed by atoms with Gasteiger partial charge < -0.3 is 15.6 Å². The largest absolute Gasteiger partial charge is 0.397 e. The average Bonchev–Trinajstić information content (AvgIpc) is 2.67. The number of aryl methyl sites for hydroxylation is 1. The lowest BCUT2D eigenvalue weighted by atomic mass is 10.2. The van der Waals surface area contributed by atoms with Crippen LogP contribution in [0.4, 0.5) is 5.69 Å². The molecule has 0 radical (unpaired) electrons. The van der Waals surface area contributed by atoms with Crippen LogP contribution in [0.15, 0.2) is 12.3 Å². The first kappa shape index (κ1) is 12.4. The number of anilines is 1. The third kappa shape index (κ3) is 3.19. The van der Waals surface area contributed by atoms with Gasteiger partial charge in [-0.15, -0.1) is 0 Å². The van der Waals surface area contributed by atoms with E-state index in [2.05, 4.69) is 5.32 Å². The summed E-state index contributed by atoms with van der Waals surface area (Å²) >= 11 is 1.96. The highest BCUT2D eigenvalue weighted by Crippen LogP contribution is 2.24. The molecule has 17 heavy (non-hydrogen) atoms. The molecule has 0 saturated carbocycles. The minimum atomic E-state index is -0.0321. The molecule has 2 rings (SSSR count). The van der Waals surface area contributed by atoms with Crippen molar-refractivity contribution in [3.63, 3.8) is 0 Å². The summed E-state index contributed by atoms with van der Waals surface area (Å²) in [5, 5.41) is 3.56. The number of nitrogens with one attached hydrogen (secondary N) is 1. The predicted molar refractivity (Wildman–Crippen MR) is 72.3 cm³/mol. The topological polar surface area (TPSA) is 60.0 Å². The van der Waals surface area contributed by atoms with E-state index in [1.54, 1.807) is 16.8 Å². The van der Waals surface area contributed by atoms with Crippen LogP contribution in [0.3, 0.4) is 0 Å². The second kappa shape index (κ2) is 5.49. The highest BCUT2D eigenvalue weighted by Gasteiger charge is 2.16. The predicted octanol–water partition coefficient (Wildman–Crippen LogP) is 1.62. The van der Waals surface area contributed by atoms with Crippen LogP contribution >= 0.6 is 11.8 Å². The smallest absolute Gasteiger partial charge is 0.268 e. The fraction of sp³-hybridized carbons (Fsp3) is 0.583. The molecule has 0 spiro atoms. The van der Waals surface area contributed by atoms with Crippen LogP contribution in [0.25, 0.3) is 0 Å². The molecule has 4 nitrogen and oxygen atoms in total. The van der Waals surface area contributed by atoms with Crippen LogP contribution in [0.5, 0.6) is 0 Å². The van der Waals surface area contributed by atoms with Crippen molar-refractivity contribution < 1.29 is 4.79 Å². The van der Waals surface area contributed by atoms with Crippen molar-refractivity contribution >= 4 is 23.4 Å². The normalized spacial score (nSPS) is 20.2. The number of nitrogens with zero attached hydrogens (tertiary/aromatic N) is 1. The van der Waals surface area contributed by atoms with Crippen molar-refractivity contribution in [1.29, 1.82) is 0 Å². The molecule has 2 heterocycles. The van der Waals surface area contributed by atoms with E-state index in [4.69, 9.17) is 5.73 Å². The number of amides is 1. The summed E-state index contributed by atoms with van der Waals surface area (Å²) in [7, 11) is 1.83. The van der Waals surface area contributed by atoms with Gasteiger partial charge in [-0.25, -0.2) is 0 Å². The van der Waals surface area contributed by atoms with Gasteiger partial charge in [-0.1, -0.05) is 6.42 Å². The molecular formula is C12H19N3OS. The molecular weight excluding hydrogens is 234 g/mol. The Bertz CT molecular complexity index is 396. The minimum Gasteiger partial charge on any atom is -0.397 e. The highest BCUT2D eigenvalue weighted by atomic mass is 32.2. The Hall–Kier alpha value is -1.10. The summed E-state index contributed by atoms with van der Waals surface area (Å²) < 4.78 is 1.76. The third-order valence-corrected chi connectivity index (χ3v) is 4.42. The number of hydrogen-bond acceptors (Lipinski definition) is 3. The molecule has 1 fully saturated rings. The molecule has 94 valence electrons. The maximum absolute atomic E-state index is 11.9. The number of aromatic nitrogens is 1. The summed E-state index contributed by atoms with van der Waals surface area (Å²) in [6.45, 7) is 0.759. The molecule has 0 bridgehead atoms. The fourth-order valence-corrected chi connectivity index (χ4v) is 3.32. The van der Waals surface area contributed by atoms with Gasteiger partial charge in [0.05, 0.1) is 5.69 Å². The maximum atomic E-state index is 11.9. The Labute approximate surface area is 106 Å². The first-order valence-electron chi connectivity index (χ1n) is 5.98. The van der Waals surface area contributed by atoms with Gasteiger partial charge in [0.2, 0.25) is 0 Å². The molecule has 1 aliphatic heterocycles. The lowest BCUT2D eigenvalue weighted by Gasteiger charge is -2.21. The van der Waals surface area contributed by atoms with E-state index in [1.165, 1.54) is 25.0 Å². The molecule has 1 unspecified atom stereocenters. The zero-order valence-corrected chi connectivity index (χ0v) is 10.9. The minimum absolute atomic E-state index is 0.0321. The van der Waals surface area contributed by atoms with Crippen LogP contribution in [0.1, 0.15) is 29.8 Å². The number of carbonyl (C=O) groups excluding carboxylic acids is 1. The number of carbonyl (C=O) groups is 1.